The standard InChI is InChI=1S/C14H18N4S2/c1-11-17-12(8-19-11)9-20-14-7-13(15-10-16-14)18-5-3-2-4-6-18/h7-8,10H,2-6,9H2,1H3. The average Bonchev–Trinajstić information content (AvgIpc) is 2.92. The topological polar surface area (TPSA) is 41.9 Å². The first-order chi connectivity index (χ1) is 9.81. The second kappa shape index (κ2) is 6.54. The predicted molar refractivity (Wildman–Crippen MR) is 84.5 cm³/mol. The average molecular weight is 306 g/mol. The van der Waals surface area contributed by atoms with Crippen molar-refractivity contribution in [2.75, 3.05) is 18.0 Å². The summed E-state index contributed by atoms with van der Waals surface area (Å²) in [4.78, 5) is 15.6. The van der Waals surface area contributed by atoms with E-state index in [2.05, 4.69) is 31.3 Å². The number of rotatable bonds is 4. The lowest BCUT2D eigenvalue weighted by Gasteiger charge is -2.27. The molecule has 20 heavy (non-hydrogen) atoms. The second-order valence-electron chi connectivity index (χ2n) is 4.91. The molecule has 6 heteroatoms. The van der Waals surface area contributed by atoms with E-state index in [9.17, 15) is 0 Å². The van der Waals surface area contributed by atoms with Gasteiger partial charge >= 0.3 is 0 Å². The Kier molecular flexibility index (Phi) is 4.52. The summed E-state index contributed by atoms with van der Waals surface area (Å²) in [6.45, 7) is 4.27. The number of aryl methyl sites for hydroxylation is 1. The predicted octanol–water partition coefficient (Wildman–Crippen LogP) is 3.52. The summed E-state index contributed by atoms with van der Waals surface area (Å²) in [5.74, 6) is 1.94. The highest BCUT2D eigenvalue weighted by Crippen LogP contribution is 2.25. The van der Waals surface area contributed by atoms with Gasteiger partial charge in [-0.2, -0.15) is 0 Å². The minimum atomic E-state index is 0.876. The van der Waals surface area contributed by atoms with Crippen LogP contribution < -0.4 is 4.90 Å². The van der Waals surface area contributed by atoms with Gasteiger partial charge in [0.05, 0.1) is 10.7 Å². The molecule has 0 unspecified atom stereocenters. The fourth-order valence-electron chi connectivity index (χ4n) is 2.33. The first kappa shape index (κ1) is 13.8. The van der Waals surface area contributed by atoms with Crippen LogP contribution in [-0.2, 0) is 5.75 Å². The molecule has 2 aromatic rings. The molecular formula is C14H18N4S2. The van der Waals surface area contributed by atoms with Gasteiger partial charge in [0.1, 0.15) is 17.2 Å². The van der Waals surface area contributed by atoms with Crippen molar-refractivity contribution >= 4 is 28.9 Å². The number of piperidine rings is 1. The zero-order valence-electron chi connectivity index (χ0n) is 11.6. The SMILES string of the molecule is Cc1nc(CSc2cc(N3CCCCC3)ncn2)cs1. The highest BCUT2D eigenvalue weighted by Gasteiger charge is 2.13. The molecule has 1 aliphatic heterocycles. The van der Waals surface area contributed by atoms with Gasteiger partial charge in [-0.25, -0.2) is 15.0 Å². The van der Waals surface area contributed by atoms with Gasteiger partial charge in [0, 0.05) is 30.3 Å². The van der Waals surface area contributed by atoms with E-state index in [0.29, 0.717) is 0 Å². The van der Waals surface area contributed by atoms with Crippen LogP contribution in [0.1, 0.15) is 30.0 Å². The normalized spacial score (nSPS) is 15.6. The van der Waals surface area contributed by atoms with Gasteiger partial charge in [0.15, 0.2) is 0 Å². The van der Waals surface area contributed by atoms with Crippen LogP contribution in [0.15, 0.2) is 22.8 Å². The lowest BCUT2D eigenvalue weighted by molar-refractivity contribution is 0.572. The van der Waals surface area contributed by atoms with E-state index in [0.717, 1.165) is 40.4 Å². The molecule has 0 spiro atoms. The Morgan fingerprint density at radius 2 is 2.10 bits per heavy atom. The van der Waals surface area contributed by atoms with E-state index < -0.39 is 0 Å². The first-order valence-electron chi connectivity index (χ1n) is 6.92. The number of anilines is 1. The molecule has 2 aromatic heterocycles. The molecule has 0 N–H and O–H groups in total. The Hall–Kier alpha value is -1.14. The van der Waals surface area contributed by atoms with Gasteiger partial charge in [-0.1, -0.05) is 11.8 Å². The Balaban J connectivity index is 1.64. The molecule has 1 aliphatic rings. The summed E-state index contributed by atoms with van der Waals surface area (Å²) in [6, 6.07) is 2.11. The number of thioether (sulfide) groups is 1. The van der Waals surface area contributed by atoms with Crippen LogP contribution >= 0.6 is 23.1 Å². The van der Waals surface area contributed by atoms with Crippen molar-refractivity contribution in [1.29, 1.82) is 0 Å². The van der Waals surface area contributed by atoms with Crippen molar-refractivity contribution in [2.45, 2.75) is 37.0 Å². The summed E-state index contributed by atoms with van der Waals surface area (Å²) in [5.41, 5.74) is 1.13. The third-order valence-corrected chi connectivity index (χ3v) is 5.12. The summed E-state index contributed by atoms with van der Waals surface area (Å²) < 4.78 is 0. The third-order valence-electron chi connectivity index (χ3n) is 3.34. The molecule has 1 fully saturated rings. The van der Waals surface area contributed by atoms with Crippen LogP contribution in [0.2, 0.25) is 0 Å². The summed E-state index contributed by atoms with van der Waals surface area (Å²) in [6.07, 6.45) is 5.56. The second-order valence-corrected chi connectivity index (χ2v) is 6.97. The highest BCUT2D eigenvalue weighted by molar-refractivity contribution is 7.98. The largest absolute Gasteiger partial charge is 0.356 e. The number of hydrogen-bond acceptors (Lipinski definition) is 6. The van der Waals surface area contributed by atoms with Crippen molar-refractivity contribution in [2.24, 2.45) is 0 Å². The number of aromatic nitrogens is 3. The van der Waals surface area contributed by atoms with Gasteiger partial charge in [-0.05, 0) is 26.2 Å². The number of hydrogen-bond donors (Lipinski definition) is 0. The van der Waals surface area contributed by atoms with E-state index in [1.807, 2.05) is 6.92 Å². The molecule has 1 saturated heterocycles. The molecule has 106 valence electrons. The lowest BCUT2D eigenvalue weighted by atomic mass is 10.1. The Bertz CT molecular complexity index is 564. The molecule has 3 rings (SSSR count). The van der Waals surface area contributed by atoms with E-state index in [-0.39, 0.29) is 0 Å². The molecule has 0 atom stereocenters. The fraction of sp³-hybridized carbons (Fsp3) is 0.500. The van der Waals surface area contributed by atoms with Crippen LogP contribution in [0.3, 0.4) is 0 Å². The van der Waals surface area contributed by atoms with Crippen molar-refractivity contribution in [3.8, 4) is 0 Å². The van der Waals surface area contributed by atoms with E-state index >= 15 is 0 Å². The number of thiazole rings is 1. The summed E-state index contributed by atoms with van der Waals surface area (Å²) in [5, 5.41) is 4.28. The van der Waals surface area contributed by atoms with Crippen molar-refractivity contribution < 1.29 is 0 Å². The maximum atomic E-state index is 4.48. The lowest BCUT2D eigenvalue weighted by Crippen LogP contribution is -2.30. The van der Waals surface area contributed by atoms with Gasteiger partial charge in [-0.15, -0.1) is 11.3 Å². The minimum Gasteiger partial charge on any atom is -0.356 e. The van der Waals surface area contributed by atoms with Crippen LogP contribution in [0, 0.1) is 6.92 Å². The fourth-order valence-corrected chi connectivity index (χ4v) is 3.80. The maximum Gasteiger partial charge on any atom is 0.133 e. The monoisotopic (exact) mass is 306 g/mol. The van der Waals surface area contributed by atoms with Crippen molar-refractivity contribution in [1.82, 2.24) is 15.0 Å². The Labute approximate surface area is 127 Å². The smallest absolute Gasteiger partial charge is 0.133 e. The first-order valence-corrected chi connectivity index (χ1v) is 8.78. The molecule has 0 amide bonds. The Morgan fingerprint density at radius 3 is 2.85 bits per heavy atom. The van der Waals surface area contributed by atoms with Crippen LogP contribution in [0.4, 0.5) is 5.82 Å². The Morgan fingerprint density at radius 1 is 1.25 bits per heavy atom. The molecule has 0 radical (unpaired) electrons. The van der Waals surface area contributed by atoms with E-state index in [1.54, 1.807) is 29.4 Å². The maximum absolute atomic E-state index is 4.48. The molecular weight excluding hydrogens is 288 g/mol. The van der Waals surface area contributed by atoms with Crippen LogP contribution in [-0.4, -0.2) is 28.0 Å². The zero-order valence-corrected chi connectivity index (χ0v) is 13.2. The molecule has 0 saturated carbocycles. The molecule has 3 heterocycles. The quantitative estimate of drug-likeness (QED) is 0.638. The number of nitrogens with zero attached hydrogens (tertiary/aromatic N) is 4. The summed E-state index contributed by atoms with van der Waals surface area (Å²) in [7, 11) is 0. The minimum absolute atomic E-state index is 0.876. The molecule has 0 aromatic carbocycles. The van der Waals surface area contributed by atoms with E-state index in [4.69, 9.17) is 0 Å². The van der Waals surface area contributed by atoms with Gasteiger partial charge < -0.3 is 4.90 Å². The summed E-state index contributed by atoms with van der Waals surface area (Å²) >= 11 is 3.43. The molecule has 0 aliphatic carbocycles. The third kappa shape index (κ3) is 3.49. The zero-order chi connectivity index (χ0) is 13.8. The van der Waals surface area contributed by atoms with Gasteiger partial charge in [-0.3, -0.25) is 0 Å². The highest BCUT2D eigenvalue weighted by atomic mass is 32.2. The van der Waals surface area contributed by atoms with Crippen LogP contribution in [0.5, 0.6) is 0 Å². The van der Waals surface area contributed by atoms with Crippen molar-refractivity contribution in [3.63, 3.8) is 0 Å². The molecule has 4 nitrogen and oxygen atoms in total. The van der Waals surface area contributed by atoms with Gasteiger partial charge in [0.25, 0.3) is 0 Å². The van der Waals surface area contributed by atoms with Gasteiger partial charge in [0.2, 0.25) is 0 Å². The molecule has 0 bridgehead atoms. The van der Waals surface area contributed by atoms with Crippen LogP contribution in [0.25, 0.3) is 0 Å². The van der Waals surface area contributed by atoms with Crippen molar-refractivity contribution in [3.05, 3.63) is 28.5 Å². The van der Waals surface area contributed by atoms with E-state index in [1.165, 1.54) is 19.3 Å².